The van der Waals surface area contributed by atoms with Gasteiger partial charge in [-0.3, -0.25) is 0 Å². The summed E-state index contributed by atoms with van der Waals surface area (Å²) in [6.07, 6.45) is 2.40. The molecule has 0 spiro atoms. The average molecular weight is 145 g/mol. The zero-order chi connectivity index (χ0) is 7.78. The predicted octanol–water partition coefficient (Wildman–Crippen LogP) is 1.81. The normalized spacial score (nSPS) is 31.9. The van der Waals surface area contributed by atoms with Crippen molar-refractivity contribution in [3.05, 3.63) is 23.7 Å². The van der Waals surface area contributed by atoms with Crippen LogP contribution in [-0.2, 0) is 0 Å². The van der Waals surface area contributed by atoms with E-state index in [2.05, 4.69) is 0 Å². The maximum absolute atomic E-state index is 13.2. The lowest BCUT2D eigenvalue weighted by Gasteiger charge is -2.15. The van der Waals surface area contributed by atoms with Crippen molar-refractivity contribution in [3.8, 4) is 0 Å². The number of alkyl halides is 1. The second kappa shape index (κ2) is 2.08. The third-order valence-corrected chi connectivity index (χ3v) is 1.71. The number of nitrogens with two attached hydrogens (primary N) is 1. The van der Waals surface area contributed by atoms with Gasteiger partial charge in [-0.25, -0.2) is 8.78 Å². The first-order chi connectivity index (χ1) is 4.60. The maximum atomic E-state index is 13.2. The van der Waals surface area contributed by atoms with E-state index in [0.717, 1.165) is 12.2 Å². The summed E-state index contributed by atoms with van der Waals surface area (Å²) in [4.78, 5) is 0. The van der Waals surface area contributed by atoms with Gasteiger partial charge in [0.2, 0.25) is 0 Å². The average Bonchev–Trinajstić information content (AvgIpc) is 2.19. The molecule has 0 aliphatic heterocycles. The Bertz CT molecular complexity index is 208. The fraction of sp³-hybridized carbons (Fsp3) is 0.429. The van der Waals surface area contributed by atoms with E-state index in [9.17, 15) is 8.78 Å². The number of hydrogen-bond acceptors (Lipinski definition) is 1. The molecule has 0 heterocycles. The molecule has 0 bridgehead atoms. The van der Waals surface area contributed by atoms with Gasteiger partial charge in [-0.2, -0.15) is 0 Å². The van der Waals surface area contributed by atoms with E-state index in [1.807, 2.05) is 0 Å². The highest BCUT2D eigenvalue weighted by Crippen LogP contribution is 2.32. The Morgan fingerprint density at radius 1 is 1.70 bits per heavy atom. The van der Waals surface area contributed by atoms with Crippen molar-refractivity contribution in [3.63, 3.8) is 0 Å². The van der Waals surface area contributed by atoms with E-state index in [4.69, 9.17) is 5.73 Å². The second-order valence-electron chi connectivity index (χ2n) is 2.31. The monoisotopic (exact) mass is 145 g/mol. The zero-order valence-corrected chi connectivity index (χ0v) is 5.70. The molecule has 0 saturated carbocycles. The van der Waals surface area contributed by atoms with E-state index in [0.29, 0.717) is 0 Å². The molecule has 0 fully saturated rings. The van der Waals surface area contributed by atoms with Crippen LogP contribution in [0.25, 0.3) is 0 Å². The molecule has 1 nitrogen and oxygen atoms in total. The summed E-state index contributed by atoms with van der Waals surface area (Å²) >= 11 is 0. The molecule has 0 aromatic heterocycles. The SMILES string of the molecule is CCC1(F)C=CC(F)=C1N. The fourth-order valence-electron chi connectivity index (χ4n) is 0.892. The molecule has 0 aromatic carbocycles. The predicted molar refractivity (Wildman–Crippen MR) is 35.6 cm³/mol. The zero-order valence-electron chi connectivity index (χ0n) is 5.70. The molecule has 1 rings (SSSR count). The van der Waals surface area contributed by atoms with Gasteiger partial charge in [0.05, 0.1) is 5.70 Å². The molecule has 0 aromatic rings. The van der Waals surface area contributed by atoms with Crippen LogP contribution in [0.4, 0.5) is 8.78 Å². The number of allylic oxidation sites excluding steroid dienone is 3. The topological polar surface area (TPSA) is 26.0 Å². The number of rotatable bonds is 1. The van der Waals surface area contributed by atoms with E-state index in [1.165, 1.54) is 0 Å². The Hall–Kier alpha value is -0.860. The van der Waals surface area contributed by atoms with Crippen molar-refractivity contribution in [2.24, 2.45) is 5.73 Å². The van der Waals surface area contributed by atoms with E-state index in [-0.39, 0.29) is 12.1 Å². The minimum Gasteiger partial charge on any atom is -0.397 e. The molecule has 10 heavy (non-hydrogen) atoms. The standard InChI is InChI=1S/C7H9F2N/c1-2-7(9)4-3-5(8)6(7)10/h3-4H,2,10H2,1H3. The smallest absolute Gasteiger partial charge is 0.171 e. The van der Waals surface area contributed by atoms with Crippen LogP contribution in [0, 0.1) is 0 Å². The lowest BCUT2D eigenvalue weighted by molar-refractivity contribution is 0.270. The van der Waals surface area contributed by atoms with E-state index < -0.39 is 11.5 Å². The minimum absolute atomic E-state index is 0.183. The first kappa shape index (κ1) is 7.25. The van der Waals surface area contributed by atoms with Gasteiger partial charge in [0.1, 0.15) is 5.83 Å². The van der Waals surface area contributed by atoms with Crippen LogP contribution in [0.3, 0.4) is 0 Å². The lowest BCUT2D eigenvalue weighted by Crippen LogP contribution is -2.25. The Labute approximate surface area is 58.2 Å². The first-order valence-electron chi connectivity index (χ1n) is 3.14. The summed E-state index contributed by atoms with van der Waals surface area (Å²) < 4.78 is 25.6. The Kier molecular flexibility index (Phi) is 1.50. The van der Waals surface area contributed by atoms with Crippen LogP contribution in [0.5, 0.6) is 0 Å². The van der Waals surface area contributed by atoms with Gasteiger partial charge in [-0.15, -0.1) is 0 Å². The Morgan fingerprint density at radius 2 is 2.30 bits per heavy atom. The van der Waals surface area contributed by atoms with Crippen LogP contribution < -0.4 is 5.73 Å². The van der Waals surface area contributed by atoms with Crippen LogP contribution in [0.2, 0.25) is 0 Å². The molecule has 0 radical (unpaired) electrons. The summed E-state index contributed by atoms with van der Waals surface area (Å²) in [5, 5.41) is 0. The van der Waals surface area contributed by atoms with Gasteiger partial charge in [0.15, 0.2) is 5.67 Å². The van der Waals surface area contributed by atoms with Crippen LogP contribution >= 0.6 is 0 Å². The Morgan fingerprint density at radius 3 is 2.50 bits per heavy atom. The molecule has 1 unspecified atom stereocenters. The van der Waals surface area contributed by atoms with Crippen LogP contribution in [0.1, 0.15) is 13.3 Å². The molecule has 1 aliphatic rings. The summed E-state index contributed by atoms with van der Waals surface area (Å²) in [5.74, 6) is -0.649. The van der Waals surface area contributed by atoms with Crippen molar-refractivity contribution >= 4 is 0 Å². The molecule has 0 amide bonds. The Balaban J connectivity index is 2.96. The summed E-state index contributed by atoms with van der Waals surface area (Å²) in [5.41, 5.74) is 3.11. The number of hydrogen-bond donors (Lipinski definition) is 1. The van der Waals surface area contributed by atoms with Crippen LogP contribution in [-0.4, -0.2) is 5.67 Å². The van der Waals surface area contributed by atoms with Gasteiger partial charge in [-0.1, -0.05) is 6.92 Å². The molecule has 1 aliphatic carbocycles. The second-order valence-corrected chi connectivity index (χ2v) is 2.31. The van der Waals surface area contributed by atoms with Crippen molar-refractivity contribution in [2.45, 2.75) is 19.0 Å². The molecule has 2 N–H and O–H groups in total. The molecule has 3 heteroatoms. The highest BCUT2D eigenvalue weighted by atomic mass is 19.1. The summed E-state index contributed by atoms with van der Waals surface area (Å²) in [7, 11) is 0. The third-order valence-electron chi connectivity index (χ3n) is 1.71. The molecular formula is C7H9F2N. The lowest BCUT2D eigenvalue weighted by atomic mass is 10.0. The largest absolute Gasteiger partial charge is 0.397 e. The summed E-state index contributed by atoms with van der Waals surface area (Å²) in [6, 6.07) is 0. The quantitative estimate of drug-likeness (QED) is 0.598. The van der Waals surface area contributed by atoms with Crippen molar-refractivity contribution in [1.29, 1.82) is 0 Å². The maximum Gasteiger partial charge on any atom is 0.171 e. The molecule has 0 saturated heterocycles. The minimum atomic E-state index is -1.73. The van der Waals surface area contributed by atoms with Gasteiger partial charge in [-0.05, 0) is 18.6 Å². The van der Waals surface area contributed by atoms with Gasteiger partial charge >= 0.3 is 0 Å². The highest BCUT2D eigenvalue weighted by Gasteiger charge is 2.33. The third kappa shape index (κ3) is 0.818. The van der Waals surface area contributed by atoms with Crippen LogP contribution in [0.15, 0.2) is 23.7 Å². The number of halogens is 2. The summed E-state index contributed by atoms with van der Waals surface area (Å²) in [6.45, 7) is 1.62. The van der Waals surface area contributed by atoms with Gasteiger partial charge in [0, 0.05) is 0 Å². The van der Waals surface area contributed by atoms with Crippen molar-refractivity contribution in [2.75, 3.05) is 0 Å². The fourth-order valence-corrected chi connectivity index (χ4v) is 0.892. The molecular weight excluding hydrogens is 136 g/mol. The molecule has 1 atom stereocenters. The van der Waals surface area contributed by atoms with Crippen molar-refractivity contribution < 1.29 is 8.78 Å². The van der Waals surface area contributed by atoms with Crippen molar-refractivity contribution in [1.82, 2.24) is 0 Å². The van der Waals surface area contributed by atoms with E-state index in [1.54, 1.807) is 6.92 Å². The first-order valence-corrected chi connectivity index (χ1v) is 3.14. The molecule has 56 valence electrons. The highest BCUT2D eigenvalue weighted by molar-refractivity contribution is 5.38. The van der Waals surface area contributed by atoms with Gasteiger partial charge < -0.3 is 5.73 Å². The van der Waals surface area contributed by atoms with Gasteiger partial charge in [0.25, 0.3) is 0 Å². The van der Waals surface area contributed by atoms with E-state index >= 15 is 0 Å².